The Labute approximate surface area is 246 Å². The molecule has 3 aliphatic heterocycles. The van der Waals surface area contributed by atoms with E-state index in [0.717, 1.165) is 17.7 Å². The number of carbonyl (C=O) groups excluding carboxylic acids is 3. The first-order valence-corrected chi connectivity index (χ1v) is 15.2. The average Bonchev–Trinajstić information content (AvgIpc) is 3.63. The molecule has 2 aromatic carbocycles. The van der Waals surface area contributed by atoms with E-state index in [1.165, 1.54) is 0 Å². The molecule has 0 saturated carbocycles. The van der Waals surface area contributed by atoms with Gasteiger partial charge in [0.15, 0.2) is 0 Å². The van der Waals surface area contributed by atoms with Gasteiger partial charge in [0.2, 0.25) is 17.7 Å². The Balaban J connectivity index is 1.62. The van der Waals surface area contributed by atoms with Crippen LogP contribution in [0.1, 0.15) is 38.3 Å². The first-order chi connectivity index (χ1) is 19.8. The highest BCUT2D eigenvalue weighted by molar-refractivity contribution is 8.02. The smallest absolute Gasteiger partial charge is 0.247 e. The Morgan fingerprint density at radius 2 is 1.68 bits per heavy atom. The molecule has 3 amide bonds. The number of anilines is 1. The minimum absolute atomic E-state index is 0.0684. The van der Waals surface area contributed by atoms with Gasteiger partial charge in [0, 0.05) is 30.1 Å². The summed E-state index contributed by atoms with van der Waals surface area (Å²) in [7, 11) is 0. The molecule has 3 saturated heterocycles. The van der Waals surface area contributed by atoms with E-state index in [0.29, 0.717) is 19.5 Å². The summed E-state index contributed by atoms with van der Waals surface area (Å²) in [5.74, 6) is -1.75. The Morgan fingerprint density at radius 1 is 1.05 bits per heavy atom. The highest BCUT2D eigenvalue weighted by Gasteiger charge is 2.74. The topological polar surface area (TPSA) is 81.2 Å². The molecule has 2 aromatic rings. The van der Waals surface area contributed by atoms with Gasteiger partial charge >= 0.3 is 0 Å². The molecule has 2 unspecified atom stereocenters. The average molecular weight is 574 g/mol. The summed E-state index contributed by atoms with van der Waals surface area (Å²) in [6.45, 7) is 12.0. The summed E-state index contributed by atoms with van der Waals surface area (Å²) in [5.41, 5.74) is 1.51. The maximum absolute atomic E-state index is 14.7. The molecule has 3 heterocycles. The van der Waals surface area contributed by atoms with Crippen LogP contribution in [0.2, 0.25) is 0 Å². The van der Waals surface area contributed by atoms with E-state index < -0.39 is 28.7 Å². The summed E-state index contributed by atoms with van der Waals surface area (Å²) < 4.78 is -0.758. The molecule has 0 aliphatic carbocycles. The highest BCUT2D eigenvalue weighted by Crippen LogP contribution is 2.67. The second-order valence-corrected chi connectivity index (χ2v) is 13.0. The zero-order valence-electron chi connectivity index (χ0n) is 23.8. The lowest BCUT2D eigenvalue weighted by Crippen LogP contribution is -2.57. The first-order valence-electron chi connectivity index (χ1n) is 14.3. The predicted octanol–water partition coefficient (Wildman–Crippen LogP) is 4.45. The van der Waals surface area contributed by atoms with Gasteiger partial charge in [0.1, 0.15) is 6.04 Å². The van der Waals surface area contributed by atoms with Gasteiger partial charge in [0.05, 0.1) is 29.2 Å². The second-order valence-electron chi connectivity index (χ2n) is 11.4. The SMILES string of the molecule is C=CCN(C(=O)[C@@H]1[C@@H]2CCC3(S2)C(C(=O)N(CC=C)C(C)C)N([C@H](CO)c2ccccc2)C(=O)[C@H]13)c1ccccc1. The van der Waals surface area contributed by atoms with Gasteiger partial charge in [-0.2, -0.15) is 0 Å². The van der Waals surface area contributed by atoms with Crippen LogP contribution in [0.15, 0.2) is 86.0 Å². The molecule has 5 rings (SSSR count). The quantitative estimate of drug-likeness (QED) is 0.402. The highest BCUT2D eigenvalue weighted by atomic mass is 32.2. The van der Waals surface area contributed by atoms with Crippen molar-refractivity contribution in [2.75, 3.05) is 24.6 Å². The zero-order chi connectivity index (χ0) is 29.3. The summed E-state index contributed by atoms with van der Waals surface area (Å²) in [6, 6.07) is 17.2. The van der Waals surface area contributed by atoms with Crippen LogP contribution < -0.4 is 4.90 Å². The molecule has 216 valence electrons. The van der Waals surface area contributed by atoms with Crippen molar-refractivity contribution in [3.8, 4) is 0 Å². The largest absolute Gasteiger partial charge is 0.394 e. The van der Waals surface area contributed by atoms with E-state index in [1.54, 1.807) is 38.6 Å². The van der Waals surface area contributed by atoms with Gasteiger partial charge in [0.25, 0.3) is 0 Å². The monoisotopic (exact) mass is 573 g/mol. The molecule has 0 aromatic heterocycles. The number of thioether (sulfide) groups is 1. The van der Waals surface area contributed by atoms with Crippen molar-refractivity contribution in [3.63, 3.8) is 0 Å². The fraction of sp³-hybridized carbons (Fsp3) is 0.424. The van der Waals surface area contributed by atoms with Crippen LogP contribution in [-0.2, 0) is 14.4 Å². The van der Waals surface area contributed by atoms with Gasteiger partial charge in [-0.05, 0) is 44.4 Å². The van der Waals surface area contributed by atoms with Crippen molar-refractivity contribution in [2.45, 2.75) is 54.8 Å². The molecule has 41 heavy (non-hydrogen) atoms. The fourth-order valence-electron chi connectivity index (χ4n) is 7.11. The van der Waals surface area contributed by atoms with Crippen LogP contribution in [0.4, 0.5) is 5.69 Å². The molecular formula is C33H39N3O4S. The van der Waals surface area contributed by atoms with Crippen LogP contribution in [-0.4, -0.2) is 74.4 Å². The third-order valence-corrected chi connectivity index (χ3v) is 10.8. The van der Waals surface area contributed by atoms with Crippen LogP contribution in [0.5, 0.6) is 0 Å². The van der Waals surface area contributed by atoms with Gasteiger partial charge in [-0.1, -0.05) is 60.7 Å². The Morgan fingerprint density at radius 3 is 2.27 bits per heavy atom. The maximum atomic E-state index is 14.7. The first kappa shape index (κ1) is 29.1. The number of nitrogens with zero attached hydrogens (tertiary/aromatic N) is 3. The molecule has 7 nitrogen and oxygen atoms in total. The summed E-state index contributed by atoms with van der Waals surface area (Å²) in [5, 5.41) is 10.6. The number of para-hydroxylation sites is 1. The van der Waals surface area contributed by atoms with E-state index in [2.05, 4.69) is 13.2 Å². The van der Waals surface area contributed by atoms with Crippen molar-refractivity contribution in [1.29, 1.82) is 0 Å². The number of rotatable bonds is 11. The lowest BCUT2D eigenvalue weighted by molar-refractivity contribution is -0.146. The van der Waals surface area contributed by atoms with Crippen molar-refractivity contribution < 1.29 is 19.5 Å². The number of amides is 3. The molecular weight excluding hydrogens is 534 g/mol. The maximum Gasteiger partial charge on any atom is 0.247 e. The predicted molar refractivity (Wildman–Crippen MR) is 163 cm³/mol. The van der Waals surface area contributed by atoms with Crippen molar-refractivity contribution in [2.24, 2.45) is 11.8 Å². The van der Waals surface area contributed by atoms with Gasteiger partial charge in [-0.3, -0.25) is 14.4 Å². The van der Waals surface area contributed by atoms with Gasteiger partial charge in [-0.25, -0.2) is 0 Å². The van der Waals surface area contributed by atoms with Gasteiger partial charge in [-0.15, -0.1) is 24.9 Å². The molecule has 3 fully saturated rings. The standard InChI is InChI=1S/C33H39N3O4S/c1-5-19-34(22(3)4)32(40)29-33-18-17-26(41-33)27(30(38)35(20-6-2)24-15-11-8-12-16-24)28(33)31(39)36(29)25(21-37)23-13-9-7-10-14-23/h5-16,22,25-29,37H,1-2,17-21H2,3-4H3/t25-,26+,27-,28+,29?,33?/m1/s1. The third kappa shape index (κ3) is 4.81. The number of hydrogen-bond acceptors (Lipinski definition) is 5. The van der Waals surface area contributed by atoms with Crippen LogP contribution in [0.3, 0.4) is 0 Å². The number of aliphatic hydroxyl groups excluding tert-OH is 1. The normalized spacial score (nSPS) is 27.0. The number of carbonyl (C=O) groups is 3. The minimum Gasteiger partial charge on any atom is -0.394 e. The van der Waals surface area contributed by atoms with Crippen LogP contribution in [0, 0.1) is 11.8 Å². The number of aliphatic hydroxyl groups is 1. The summed E-state index contributed by atoms with van der Waals surface area (Å²) in [6.07, 6.45) is 4.81. The van der Waals surface area contributed by atoms with Crippen molar-refractivity contribution in [1.82, 2.24) is 9.80 Å². The van der Waals surface area contributed by atoms with E-state index in [-0.39, 0.29) is 35.6 Å². The van der Waals surface area contributed by atoms with Crippen molar-refractivity contribution >= 4 is 35.2 Å². The lowest BCUT2D eigenvalue weighted by atomic mass is 9.70. The second kappa shape index (κ2) is 11.9. The minimum atomic E-state index is -0.808. The van der Waals surface area contributed by atoms with E-state index in [1.807, 2.05) is 74.5 Å². The molecule has 8 heteroatoms. The summed E-state index contributed by atoms with van der Waals surface area (Å²) in [4.78, 5) is 48.7. The zero-order valence-corrected chi connectivity index (χ0v) is 24.6. The molecule has 0 radical (unpaired) electrons. The Kier molecular flexibility index (Phi) is 8.43. The van der Waals surface area contributed by atoms with Crippen LogP contribution >= 0.6 is 11.8 Å². The Bertz CT molecular complexity index is 1300. The molecule has 3 aliphatic rings. The number of hydrogen-bond donors (Lipinski definition) is 1. The molecule has 6 atom stereocenters. The fourth-order valence-corrected chi connectivity index (χ4v) is 9.30. The van der Waals surface area contributed by atoms with E-state index in [9.17, 15) is 19.5 Å². The lowest BCUT2D eigenvalue weighted by Gasteiger charge is -2.40. The molecule has 2 bridgehead atoms. The summed E-state index contributed by atoms with van der Waals surface area (Å²) >= 11 is 1.64. The molecule has 1 N–H and O–H groups in total. The molecule has 1 spiro atoms. The number of fused-ring (bicyclic) bond motifs is 1. The number of benzene rings is 2. The number of likely N-dealkylation sites (tertiary alicyclic amines) is 1. The van der Waals surface area contributed by atoms with E-state index >= 15 is 0 Å². The third-order valence-electron chi connectivity index (χ3n) is 8.83. The Hall–Kier alpha value is -3.36. The van der Waals surface area contributed by atoms with Crippen molar-refractivity contribution in [3.05, 3.63) is 91.5 Å². The van der Waals surface area contributed by atoms with Gasteiger partial charge < -0.3 is 19.8 Å². The van der Waals surface area contributed by atoms with E-state index in [4.69, 9.17) is 0 Å². The van der Waals surface area contributed by atoms with Crippen LogP contribution in [0.25, 0.3) is 0 Å².